The van der Waals surface area contributed by atoms with E-state index in [1.54, 1.807) is 0 Å². The molecule has 3 heteroatoms. The lowest BCUT2D eigenvalue weighted by Crippen LogP contribution is -2.51. The lowest BCUT2D eigenvalue weighted by molar-refractivity contribution is 0.0962. The summed E-state index contributed by atoms with van der Waals surface area (Å²) in [6, 6.07) is 0.710. The number of piperazine rings is 1. The minimum Gasteiger partial charge on any atom is -0.378 e. The van der Waals surface area contributed by atoms with Crippen molar-refractivity contribution in [1.82, 2.24) is 10.2 Å². The lowest BCUT2D eigenvalue weighted by atomic mass is 10.0. The molecule has 0 saturated carbocycles. The van der Waals surface area contributed by atoms with Gasteiger partial charge in [0.05, 0.1) is 6.10 Å². The highest BCUT2D eigenvalue weighted by atomic mass is 16.5. The van der Waals surface area contributed by atoms with Crippen molar-refractivity contribution in [2.24, 2.45) is 5.92 Å². The van der Waals surface area contributed by atoms with Gasteiger partial charge in [0.2, 0.25) is 0 Å². The standard InChI is InChI=1S/C15H30N2O/c1-13(2)11-14-12-17(9-7-16-14)8-3-5-15-6-4-10-18-15/h13-16H,3-12H2,1-2H3. The maximum Gasteiger partial charge on any atom is 0.0576 e. The summed E-state index contributed by atoms with van der Waals surface area (Å²) < 4.78 is 5.69. The molecule has 2 heterocycles. The second-order valence-corrected chi connectivity index (χ2v) is 6.36. The first-order valence-corrected chi connectivity index (χ1v) is 7.81. The molecule has 0 aliphatic carbocycles. The molecule has 106 valence electrons. The van der Waals surface area contributed by atoms with E-state index < -0.39 is 0 Å². The van der Waals surface area contributed by atoms with Crippen molar-refractivity contribution in [3.05, 3.63) is 0 Å². The van der Waals surface area contributed by atoms with Crippen LogP contribution in [0.4, 0.5) is 0 Å². The van der Waals surface area contributed by atoms with E-state index in [0.717, 1.165) is 19.1 Å². The third kappa shape index (κ3) is 4.87. The van der Waals surface area contributed by atoms with Crippen LogP contribution in [0.1, 0.15) is 46.0 Å². The van der Waals surface area contributed by atoms with E-state index in [4.69, 9.17) is 4.74 Å². The maximum atomic E-state index is 5.69. The van der Waals surface area contributed by atoms with Crippen LogP contribution in [0.3, 0.4) is 0 Å². The number of rotatable bonds is 6. The van der Waals surface area contributed by atoms with Gasteiger partial charge in [-0.05, 0) is 44.6 Å². The Hall–Kier alpha value is -0.120. The van der Waals surface area contributed by atoms with Gasteiger partial charge in [-0.1, -0.05) is 13.8 Å². The molecule has 0 bridgehead atoms. The molecular formula is C15H30N2O. The van der Waals surface area contributed by atoms with Crippen molar-refractivity contribution in [2.75, 3.05) is 32.8 Å². The Morgan fingerprint density at radius 3 is 3.00 bits per heavy atom. The number of nitrogens with one attached hydrogen (secondary N) is 1. The molecule has 2 atom stereocenters. The van der Waals surface area contributed by atoms with Crippen LogP contribution in [0.25, 0.3) is 0 Å². The van der Waals surface area contributed by atoms with E-state index in [1.807, 2.05) is 0 Å². The SMILES string of the molecule is CC(C)CC1CN(CCCC2CCCO2)CCN1. The molecule has 2 saturated heterocycles. The number of ether oxygens (including phenoxy) is 1. The second-order valence-electron chi connectivity index (χ2n) is 6.36. The van der Waals surface area contributed by atoms with Gasteiger partial charge >= 0.3 is 0 Å². The summed E-state index contributed by atoms with van der Waals surface area (Å²) in [7, 11) is 0. The summed E-state index contributed by atoms with van der Waals surface area (Å²) in [6.45, 7) is 10.5. The fraction of sp³-hybridized carbons (Fsp3) is 1.00. The summed E-state index contributed by atoms with van der Waals surface area (Å²) in [5.74, 6) is 0.800. The molecule has 18 heavy (non-hydrogen) atoms. The van der Waals surface area contributed by atoms with E-state index in [0.29, 0.717) is 12.1 Å². The summed E-state index contributed by atoms with van der Waals surface area (Å²) in [5, 5.41) is 3.65. The Kier molecular flexibility index (Phi) is 5.93. The third-order valence-electron chi connectivity index (χ3n) is 4.12. The second kappa shape index (κ2) is 7.46. The Labute approximate surface area is 112 Å². The fourth-order valence-electron chi connectivity index (χ4n) is 3.24. The molecule has 2 fully saturated rings. The number of hydrogen-bond acceptors (Lipinski definition) is 3. The Bertz CT molecular complexity index is 227. The van der Waals surface area contributed by atoms with E-state index in [1.165, 1.54) is 51.7 Å². The van der Waals surface area contributed by atoms with Crippen molar-refractivity contribution < 1.29 is 4.74 Å². The average Bonchev–Trinajstić information content (AvgIpc) is 2.82. The molecule has 3 nitrogen and oxygen atoms in total. The molecule has 0 aromatic carbocycles. The molecule has 2 aliphatic heterocycles. The van der Waals surface area contributed by atoms with Crippen LogP contribution in [0.5, 0.6) is 0 Å². The molecule has 0 spiro atoms. The van der Waals surface area contributed by atoms with Gasteiger partial charge in [-0.3, -0.25) is 0 Å². The van der Waals surface area contributed by atoms with Gasteiger partial charge in [0.15, 0.2) is 0 Å². The van der Waals surface area contributed by atoms with Crippen LogP contribution in [-0.4, -0.2) is 49.8 Å². The quantitative estimate of drug-likeness (QED) is 0.787. The average molecular weight is 254 g/mol. The van der Waals surface area contributed by atoms with Crippen molar-refractivity contribution in [1.29, 1.82) is 0 Å². The minimum atomic E-state index is 0.569. The van der Waals surface area contributed by atoms with Crippen molar-refractivity contribution >= 4 is 0 Å². The van der Waals surface area contributed by atoms with Gasteiger partial charge in [0.1, 0.15) is 0 Å². The van der Waals surface area contributed by atoms with Crippen LogP contribution < -0.4 is 5.32 Å². The van der Waals surface area contributed by atoms with Crippen LogP contribution in [0.15, 0.2) is 0 Å². The Morgan fingerprint density at radius 2 is 2.28 bits per heavy atom. The first-order chi connectivity index (χ1) is 8.74. The zero-order valence-electron chi connectivity index (χ0n) is 12.2. The first-order valence-electron chi connectivity index (χ1n) is 7.81. The van der Waals surface area contributed by atoms with E-state index in [-0.39, 0.29) is 0 Å². The predicted molar refractivity (Wildman–Crippen MR) is 75.9 cm³/mol. The van der Waals surface area contributed by atoms with Gasteiger partial charge in [-0.15, -0.1) is 0 Å². The largest absolute Gasteiger partial charge is 0.378 e. The van der Waals surface area contributed by atoms with Crippen LogP contribution >= 0.6 is 0 Å². The molecule has 0 radical (unpaired) electrons. The minimum absolute atomic E-state index is 0.569. The molecule has 0 aromatic heterocycles. The highest BCUT2D eigenvalue weighted by molar-refractivity contribution is 4.79. The summed E-state index contributed by atoms with van der Waals surface area (Å²) in [6.07, 6.45) is 7.01. The van der Waals surface area contributed by atoms with Crippen molar-refractivity contribution in [3.8, 4) is 0 Å². The summed E-state index contributed by atoms with van der Waals surface area (Å²) in [5.41, 5.74) is 0. The van der Waals surface area contributed by atoms with E-state index >= 15 is 0 Å². The van der Waals surface area contributed by atoms with Crippen LogP contribution in [0.2, 0.25) is 0 Å². The van der Waals surface area contributed by atoms with Gasteiger partial charge < -0.3 is 15.0 Å². The van der Waals surface area contributed by atoms with Gasteiger partial charge in [0, 0.05) is 32.3 Å². The lowest BCUT2D eigenvalue weighted by Gasteiger charge is -2.34. The first kappa shape index (κ1) is 14.3. The van der Waals surface area contributed by atoms with Gasteiger partial charge in [-0.2, -0.15) is 0 Å². The van der Waals surface area contributed by atoms with Gasteiger partial charge in [-0.25, -0.2) is 0 Å². The number of nitrogens with zero attached hydrogens (tertiary/aromatic N) is 1. The van der Waals surface area contributed by atoms with Crippen LogP contribution in [-0.2, 0) is 4.74 Å². The number of hydrogen-bond donors (Lipinski definition) is 1. The zero-order chi connectivity index (χ0) is 12.8. The molecule has 1 N–H and O–H groups in total. The summed E-state index contributed by atoms with van der Waals surface area (Å²) in [4.78, 5) is 2.64. The van der Waals surface area contributed by atoms with Gasteiger partial charge in [0.25, 0.3) is 0 Å². The Balaban J connectivity index is 1.59. The molecule has 2 unspecified atom stereocenters. The van der Waals surface area contributed by atoms with Crippen LogP contribution in [0, 0.1) is 5.92 Å². The highest BCUT2D eigenvalue weighted by Gasteiger charge is 2.20. The topological polar surface area (TPSA) is 24.5 Å². The fourth-order valence-corrected chi connectivity index (χ4v) is 3.24. The highest BCUT2D eigenvalue weighted by Crippen LogP contribution is 2.17. The van der Waals surface area contributed by atoms with Crippen molar-refractivity contribution in [2.45, 2.75) is 58.1 Å². The Morgan fingerprint density at radius 1 is 1.39 bits per heavy atom. The molecule has 0 aromatic rings. The zero-order valence-corrected chi connectivity index (χ0v) is 12.2. The molecule has 2 aliphatic rings. The van der Waals surface area contributed by atoms with E-state index in [9.17, 15) is 0 Å². The maximum absolute atomic E-state index is 5.69. The summed E-state index contributed by atoms with van der Waals surface area (Å²) >= 11 is 0. The molecular weight excluding hydrogens is 224 g/mol. The predicted octanol–water partition coefficient (Wildman–Crippen LogP) is 2.27. The normalized spacial score (nSPS) is 30.2. The smallest absolute Gasteiger partial charge is 0.0576 e. The monoisotopic (exact) mass is 254 g/mol. The van der Waals surface area contributed by atoms with Crippen molar-refractivity contribution in [3.63, 3.8) is 0 Å². The van der Waals surface area contributed by atoms with E-state index in [2.05, 4.69) is 24.1 Å². The molecule has 0 amide bonds. The molecule has 2 rings (SSSR count). The third-order valence-corrected chi connectivity index (χ3v) is 4.12.